The zero-order valence-corrected chi connectivity index (χ0v) is 13.0. The number of hydrogen-bond donors (Lipinski definition) is 1. The van der Waals surface area contributed by atoms with E-state index in [9.17, 15) is 9.59 Å². The molecule has 0 fully saturated rings. The predicted molar refractivity (Wildman–Crippen MR) is 81.7 cm³/mol. The van der Waals surface area contributed by atoms with Crippen molar-refractivity contribution in [1.82, 2.24) is 10.2 Å². The molecule has 0 spiro atoms. The van der Waals surface area contributed by atoms with Crippen molar-refractivity contribution in [2.45, 2.75) is 25.8 Å². The molecule has 1 atom stereocenters. The molecule has 0 aliphatic carbocycles. The van der Waals surface area contributed by atoms with Crippen LogP contribution >= 0.6 is 0 Å². The second kappa shape index (κ2) is 9.13. The maximum atomic E-state index is 12.0. The lowest BCUT2D eigenvalue weighted by molar-refractivity contribution is -0.144. The van der Waals surface area contributed by atoms with Crippen LogP contribution in [0, 0.1) is 0 Å². The molecule has 5 heteroatoms. The molecule has 0 radical (unpaired) electrons. The number of nitrogens with one attached hydrogen (secondary N) is 1. The molecule has 0 saturated heterocycles. The summed E-state index contributed by atoms with van der Waals surface area (Å²) in [5.41, 5.74) is 1.05. The number of carbonyl (C=O) groups excluding carboxylic acids is 2. The van der Waals surface area contributed by atoms with Gasteiger partial charge in [0.05, 0.1) is 19.1 Å². The van der Waals surface area contributed by atoms with Crippen LogP contribution in [0.25, 0.3) is 0 Å². The number of nitrogens with zero attached hydrogens (tertiary/aromatic N) is 1. The van der Waals surface area contributed by atoms with Gasteiger partial charge in [-0.2, -0.15) is 0 Å². The average Bonchev–Trinajstić information content (AvgIpc) is 2.45. The van der Waals surface area contributed by atoms with Crippen molar-refractivity contribution < 1.29 is 14.3 Å². The van der Waals surface area contributed by atoms with Gasteiger partial charge in [-0.25, -0.2) is 0 Å². The number of carbonyl (C=O) groups is 2. The molecular formula is C16H24N2O3. The number of ether oxygens (including phenoxy) is 1. The molecule has 1 unspecified atom stereocenters. The summed E-state index contributed by atoms with van der Waals surface area (Å²) < 4.78 is 4.82. The second-order valence-electron chi connectivity index (χ2n) is 5.10. The Balaban J connectivity index is 2.56. The molecule has 116 valence electrons. The first-order valence-electron chi connectivity index (χ1n) is 7.17. The molecule has 1 rings (SSSR count). The van der Waals surface area contributed by atoms with Crippen LogP contribution in [0.15, 0.2) is 30.3 Å². The molecule has 1 N–H and O–H groups in total. The highest BCUT2D eigenvalue weighted by Gasteiger charge is 2.16. The largest absolute Gasteiger partial charge is 0.466 e. The minimum Gasteiger partial charge on any atom is -0.466 e. The van der Waals surface area contributed by atoms with E-state index in [-0.39, 0.29) is 30.8 Å². The van der Waals surface area contributed by atoms with Gasteiger partial charge in [0.2, 0.25) is 5.91 Å². The van der Waals surface area contributed by atoms with Crippen LogP contribution in [-0.2, 0) is 14.3 Å². The minimum atomic E-state index is -0.337. The molecule has 21 heavy (non-hydrogen) atoms. The van der Waals surface area contributed by atoms with Crippen LogP contribution in [0.4, 0.5) is 0 Å². The van der Waals surface area contributed by atoms with Gasteiger partial charge in [-0.1, -0.05) is 30.3 Å². The second-order valence-corrected chi connectivity index (χ2v) is 5.10. The number of amides is 1. The van der Waals surface area contributed by atoms with E-state index in [4.69, 9.17) is 4.74 Å². The summed E-state index contributed by atoms with van der Waals surface area (Å²) in [6.45, 7) is 2.80. The van der Waals surface area contributed by atoms with Gasteiger partial charge in [-0.05, 0) is 26.6 Å². The zero-order valence-electron chi connectivity index (χ0n) is 13.0. The van der Waals surface area contributed by atoms with E-state index in [1.165, 1.54) is 0 Å². The van der Waals surface area contributed by atoms with Gasteiger partial charge in [0.1, 0.15) is 0 Å². The third-order valence-electron chi connectivity index (χ3n) is 2.95. The van der Waals surface area contributed by atoms with Gasteiger partial charge >= 0.3 is 5.97 Å². The van der Waals surface area contributed by atoms with E-state index >= 15 is 0 Å². The predicted octanol–water partition coefficient (Wildman–Crippen LogP) is 1.75. The monoisotopic (exact) mass is 292 g/mol. The fourth-order valence-corrected chi connectivity index (χ4v) is 2.00. The van der Waals surface area contributed by atoms with Crippen molar-refractivity contribution >= 4 is 11.9 Å². The van der Waals surface area contributed by atoms with Crippen molar-refractivity contribution in [3.63, 3.8) is 0 Å². The van der Waals surface area contributed by atoms with Gasteiger partial charge < -0.3 is 15.0 Å². The standard InChI is InChI=1S/C16H24N2O3/c1-4-21-16(20)11-10-15(19)17-14(12-18(2)3)13-8-6-5-7-9-13/h5-9,14H,4,10-12H2,1-3H3,(H,17,19). The molecule has 5 nitrogen and oxygen atoms in total. The Hall–Kier alpha value is -1.88. The number of likely N-dealkylation sites (N-methyl/N-ethyl adjacent to an activating group) is 1. The lowest BCUT2D eigenvalue weighted by atomic mass is 10.1. The van der Waals surface area contributed by atoms with Crippen molar-refractivity contribution in [3.8, 4) is 0 Å². The lowest BCUT2D eigenvalue weighted by Crippen LogP contribution is -2.35. The van der Waals surface area contributed by atoms with E-state index in [1.54, 1.807) is 6.92 Å². The molecule has 0 aromatic heterocycles. The molecule has 0 aliphatic heterocycles. The topological polar surface area (TPSA) is 58.6 Å². The Morgan fingerprint density at radius 2 is 1.86 bits per heavy atom. The molecular weight excluding hydrogens is 268 g/mol. The first-order valence-corrected chi connectivity index (χ1v) is 7.17. The smallest absolute Gasteiger partial charge is 0.306 e. The van der Waals surface area contributed by atoms with E-state index in [1.807, 2.05) is 49.3 Å². The number of hydrogen-bond acceptors (Lipinski definition) is 4. The molecule has 1 aromatic carbocycles. The van der Waals surface area contributed by atoms with Gasteiger partial charge in [-0.15, -0.1) is 0 Å². The molecule has 0 saturated carbocycles. The first-order chi connectivity index (χ1) is 10.0. The maximum absolute atomic E-state index is 12.0. The molecule has 0 bridgehead atoms. The summed E-state index contributed by atoms with van der Waals surface area (Å²) in [5.74, 6) is -0.477. The Bertz CT molecular complexity index is 446. The summed E-state index contributed by atoms with van der Waals surface area (Å²) in [6.07, 6.45) is 0.263. The molecule has 1 amide bonds. The van der Waals surface area contributed by atoms with Crippen molar-refractivity contribution in [3.05, 3.63) is 35.9 Å². The fraction of sp³-hybridized carbons (Fsp3) is 0.500. The van der Waals surface area contributed by atoms with Crippen molar-refractivity contribution in [2.24, 2.45) is 0 Å². The third kappa shape index (κ3) is 6.90. The van der Waals surface area contributed by atoms with E-state index in [0.29, 0.717) is 13.2 Å². The normalized spacial score (nSPS) is 12.0. The fourth-order valence-electron chi connectivity index (χ4n) is 2.00. The van der Waals surface area contributed by atoms with Crippen LogP contribution in [0.2, 0.25) is 0 Å². The van der Waals surface area contributed by atoms with E-state index in [2.05, 4.69) is 5.32 Å². The quantitative estimate of drug-likeness (QED) is 0.742. The van der Waals surface area contributed by atoms with Crippen LogP contribution in [-0.4, -0.2) is 44.0 Å². The van der Waals surface area contributed by atoms with Gasteiger partial charge in [0.25, 0.3) is 0 Å². The summed E-state index contributed by atoms with van der Waals surface area (Å²) >= 11 is 0. The minimum absolute atomic E-state index is 0.0871. The SMILES string of the molecule is CCOC(=O)CCC(=O)NC(CN(C)C)c1ccccc1. The number of benzene rings is 1. The van der Waals surface area contributed by atoms with Crippen LogP contribution in [0.3, 0.4) is 0 Å². The Kier molecular flexibility index (Phi) is 7.46. The molecule has 1 aromatic rings. The number of esters is 1. The number of rotatable bonds is 8. The summed E-state index contributed by atoms with van der Waals surface area (Å²) in [4.78, 5) is 25.3. The van der Waals surface area contributed by atoms with Gasteiger partial charge in [-0.3, -0.25) is 9.59 Å². The third-order valence-corrected chi connectivity index (χ3v) is 2.95. The maximum Gasteiger partial charge on any atom is 0.306 e. The lowest BCUT2D eigenvalue weighted by Gasteiger charge is -2.22. The Morgan fingerprint density at radius 1 is 1.19 bits per heavy atom. The Morgan fingerprint density at radius 3 is 2.43 bits per heavy atom. The van der Waals surface area contributed by atoms with Crippen LogP contribution in [0.1, 0.15) is 31.4 Å². The molecule has 0 aliphatic rings. The van der Waals surface area contributed by atoms with E-state index < -0.39 is 0 Å². The summed E-state index contributed by atoms with van der Waals surface area (Å²) in [6, 6.07) is 9.72. The average molecular weight is 292 g/mol. The van der Waals surface area contributed by atoms with E-state index in [0.717, 1.165) is 5.56 Å². The van der Waals surface area contributed by atoms with Crippen LogP contribution in [0.5, 0.6) is 0 Å². The first kappa shape index (κ1) is 17.2. The van der Waals surface area contributed by atoms with Crippen LogP contribution < -0.4 is 5.32 Å². The highest BCUT2D eigenvalue weighted by atomic mass is 16.5. The molecule has 0 heterocycles. The van der Waals surface area contributed by atoms with Crippen molar-refractivity contribution in [2.75, 3.05) is 27.2 Å². The van der Waals surface area contributed by atoms with Crippen molar-refractivity contribution in [1.29, 1.82) is 0 Å². The highest BCUT2D eigenvalue weighted by molar-refractivity contribution is 5.81. The van der Waals surface area contributed by atoms with Gasteiger partial charge in [0, 0.05) is 13.0 Å². The zero-order chi connectivity index (χ0) is 15.7. The summed E-state index contributed by atoms with van der Waals surface area (Å²) in [7, 11) is 3.92. The van der Waals surface area contributed by atoms with Gasteiger partial charge in [0.15, 0.2) is 0 Å². The highest BCUT2D eigenvalue weighted by Crippen LogP contribution is 2.13. The Labute approximate surface area is 126 Å². The summed E-state index contributed by atoms with van der Waals surface area (Å²) in [5, 5.41) is 2.97.